The fraction of sp³-hybridized carbons (Fsp3) is 0.0476. The summed E-state index contributed by atoms with van der Waals surface area (Å²) in [7, 11) is 0. The molecule has 3 aromatic rings. The minimum absolute atomic E-state index is 0.124. The van der Waals surface area contributed by atoms with Crippen molar-refractivity contribution in [1.82, 2.24) is 0 Å². The van der Waals surface area contributed by atoms with Crippen LogP contribution < -0.4 is 20.7 Å². The first-order chi connectivity index (χ1) is 13.6. The topological polar surface area (TPSA) is 79.5 Å². The zero-order valence-electron chi connectivity index (χ0n) is 14.8. The van der Waals surface area contributed by atoms with Gasteiger partial charge in [-0.1, -0.05) is 29.8 Å². The predicted octanol–water partition coefficient (Wildman–Crippen LogP) is 5.00. The second-order valence-electron chi connectivity index (χ2n) is 5.81. The summed E-state index contributed by atoms with van der Waals surface area (Å²) in [4.78, 5) is 23.9. The molecule has 3 amide bonds. The molecule has 0 aromatic heterocycles. The number of ether oxygens (including phenoxy) is 1. The number of rotatable bonds is 6. The lowest BCUT2D eigenvalue weighted by molar-refractivity contribution is -0.118. The van der Waals surface area contributed by atoms with Crippen molar-refractivity contribution in [2.75, 3.05) is 22.6 Å². The molecular weight excluding hydrogens is 378 g/mol. The molecule has 7 heteroatoms. The molecule has 3 rings (SSSR count). The molecule has 0 saturated heterocycles. The van der Waals surface area contributed by atoms with Crippen LogP contribution in [-0.4, -0.2) is 18.5 Å². The van der Waals surface area contributed by atoms with E-state index in [0.29, 0.717) is 27.8 Å². The maximum atomic E-state index is 12.0. The molecule has 28 heavy (non-hydrogen) atoms. The summed E-state index contributed by atoms with van der Waals surface area (Å²) >= 11 is 5.80. The van der Waals surface area contributed by atoms with E-state index in [0.717, 1.165) is 0 Å². The van der Waals surface area contributed by atoms with Crippen LogP contribution in [0.5, 0.6) is 5.75 Å². The molecule has 6 nitrogen and oxygen atoms in total. The number of halogens is 1. The molecule has 0 unspecified atom stereocenters. The zero-order valence-corrected chi connectivity index (χ0v) is 15.6. The summed E-state index contributed by atoms with van der Waals surface area (Å²) in [5, 5.41) is 8.78. The van der Waals surface area contributed by atoms with E-state index in [4.69, 9.17) is 16.3 Å². The molecule has 0 spiro atoms. The van der Waals surface area contributed by atoms with Crippen molar-refractivity contribution < 1.29 is 14.3 Å². The van der Waals surface area contributed by atoms with E-state index in [9.17, 15) is 9.59 Å². The van der Waals surface area contributed by atoms with Crippen molar-refractivity contribution in [2.24, 2.45) is 0 Å². The van der Waals surface area contributed by atoms with Crippen LogP contribution in [0.4, 0.5) is 21.9 Å². The first-order valence-corrected chi connectivity index (χ1v) is 8.87. The fourth-order valence-electron chi connectivity index (χ4n) is 2.33. The summed E-state index contributed by atoms with van der Waals surface area (Å²) in [5.41, 5.74) is 1.90. The Balaban J connectivity index is 1.46. The highest BCUT2D eigenvalue weighted by Crippen LogP contribution is 2.16. The third kappa shape index (κ3) is 6.03. The Labute approximate surface area is 167 Å². The van der Waals surface area contributed by atoms with Gasteiger partial charge in [0.15, 0.2) is 6.61 Å². The van der Waals surface area contributed by atoms with Gasteiger partial charge in [0.2, 0.25) is 0 Å². The lowest BCUT2D eigenvalue weighted by Crippen LogP contribution is -2.20. The average Bonchev–Trinajstić information content (AvgIpc) is 2.70. The molecule has 0 heterocycles. The molecule has 0 aliphatic rings. The first kappa shape index (κ1) is 19.3. The van der Waals surface area contributed by atoms with Gasteiger partial charge >= 0.3 is 6.03 Å². The average molecular weight is 396 g/mol. The summed E-state index contributed by atoms with van der Waals surface area (Å²) < 4.78 is 5.39. The minimum atomic E-state index is -0.348. The highest BCUT2D eigenvalue weighted by atomic mass is 35.5. The second-order valence-corrected chi connectivity index (χ2v) is 6.25. The first-order valence-electron chi connectivity index (χ1n) is 8.50. The van der Waals surface area contributed by atoms with Crippen LogP contribution in [0, 0.1) is 0 Å². The fourth-order valence-corrected chi connectivity index (χ4v) is 2.45. The molecule has 0 bridgehead atoms. The lowest BCUT2D eigenvalue weighted by Gasteiger charge is -2.10. The van der Waals surface area contributed by atoms with Gasteiger partial charge in [0.1, 0.15) is 5.75 Å². The third-order valence-electron chi connectivity index (χ3n) is 3.64. The van der Waals surface area contributed by atoms with E-state index in [2.05, 4.69) is 16.0 Å². The Bertz CT molecular complexity index is 929. The molecule has 0 aliphatic heterocycles. The Morgan fingerprint density at radius 3 is 1.86 bits per heavy atom. The molecule has 0 radical (unpaired) electrons. The maximum Gasteiger partial charge on any atom is 0.323 e. The van der Waals surface area contributed by atoms with Crippen molar-refractivity contribution in [3.8, 4) is 5.75 Å². The van der Waals surface area contributed by atoms with Gasteiger partial charge in [0.25, 0.3) is 5.91 Å². The van der Waals surface area contributed by atoms with Gasteiger partial charge in [0.05, 0.1) is 0 Å². The number of hydrogen-bond donors (Lipinski definition) is 3. The molecule has 0 saturated carbocycles. The SMILES string of the molecule is O=C(COc1ccc(Cl)cc1)Nc1ccc(NC(=O)Nc2ccccc2)cc1. The van der Waals surface area contributed by atoms with Crippen molar-refractivity contribution in [1.29, 1.82) is 0 Å². The van der Waals surface area contributed by atoms with Gasteiger partial charge in [-0.2, -0.15) is 0 Å². The molecule has 142 valence electrons. The number of amides is 3. The van der Waals surface area contributed by atoms with Gasteiger partial charge in [-0.3, -0.25) is 4.79 Å². The largest absolute Gasteiger partial charge is 0.484 e. The van der Waals surface area contributed by atoms with Crippen LogP contribution in [0.25, 0.3) is 0 Å². The van der Waals surface area contributed by atoms with E-state index in [1.807, 2.05) is 18.2 Å². The van der Waals surface area contributed by atoms with Crippen LogP contribution >= 0.6 is 11.6 Å². The van der Waals surface area contributed by atoms with Crippen LogP contribution in [0.15, 0.2) is 78.9 Å². The van der Waals surface area contributed by atoms with Gasteiger partial charge in [-0.05, 0) is 60.7 Å². The monoisotopic (exact) mass is 395 g/mol. The van der Waals surface area contributed by atoms with Gasteiger partial charge < -0.3 is 20.7 Å². The molecule has 0 fully saturated rings. The normalized spacial score (nSPS) is 10.0. The Morgan fingerprint density at radius 1 is 0.714 bits per heavy atom. The summed E-state index contributed by atoms with van der Waals surface area (Å²) in [5.74, 6) is 0.265. The van der Waals surface area contributed by atoms with Gasteiger partial charge in [-0.15, -0.1) is 0 Å². The van der Waals surface area contributed by atoms with Crippen molar-refractivity contribution in [2.45, 2.75) is 0 Å². The standard InChI is InChI=1S/C21H18ClN3O3/c22-15-6-12-19(13-7-15)28-14-20(26)23-17-8-10-18(11-9-17)25-21(27)24-16-4-2-1-3-5-16/h1-13H,14H2,(H,23,26)(H2,24,25,27). The third-order valence-corrected chi connectivity index (χ3v) is 3.89. The number of carbonyl (C=O) groups excluding carboxylic acids is 2. The number of anilines is 3. The van der Waals surface area contributed by atoms with E-state index >= 15 is 0 Å². The Hall–Kier alpha value is -3.51. The van der Waals surface area contributed by atoms with Gasteiger partial charge in [0, 0.05) is 22.1 Å². The number of para-hydroxylation sites is 1. The maximum absolute atomic E-state index is 12.0. The summed E-state index contributed by atoms with van der Waals surface area (Å²) in [6.45, 7) is -0.124. The highest BCUT2D eigenvalue weighted by Gasteiger charge is 2.06. The smallest absolute Gasteiger partial charge is 0.323 e. The summed E-state index contributed by atoms with van der Waals surface area (Å²) in [6.07, 6.45) is 0. The Morgan fingerprint density at radius 2 is 1.25 bits per heavy atom. The quantitative estimate of drug-likeness (QED) is 0.549. The van der Waals surface area contributed by atoms with Crippen LogP contribution in [0.2, 0.25) is 5.02 Å². The van der Waals surface area contributed by atoms with Crippen LogP contribution in [0.3, 0.4) is 0 Å². The van der Waals surface area contributed by atoms with E-state index in [1.54, 1.807) is 60.7 Å². The van der Waals surface area contributed by atoms with Gasteiger partial charge in [-0.25, -0.2) is 4.79 Å². The predicted molar refractivity (Wildman–Crippen MR) is 111 cm³/mol. The molecule has 0 atom stereocenters. The van der Waals surface area contributed by atoms with E-state index in [1.165, 1.54) is 0 Å². The van der Waals surface area contributed by atoms with E-state index in [-0.39, 0.29) is 18.5 Å². The Kier molecular flexibility index (Phi) is 6.49. The number of nitrogens with one attached hydrogen (secondary N) is 3. The van der Waals surface area contributed by atoms with Crippen LogP contribution in [0.1, 0.15) is 0 Å². The number of urea groups is 1. The second kappa shape index (κ2) is 9.43. The van der Waals surface area contributed by atoms with Crippen molar-refractivity contribution >= 4 is 40.6 Å². The molecule has 3 N–H and O–H groups in total. The number of benzene rings is 3. The zero-order chi connectivity index (χ0) is 19.8. The molecular formula is C21H18ClN3O3. The molecule has 3 aromatic carbocycles. The van der Waals surface area contributed by atoms with Crippen molar-refractivity contribution in [3.63, 3.8) is 0 Å². The minimum Gasteiger partial charge on any atom is -0.484 e. The van der Waals surface area contributed by atoms with E-state index < -0.39 is 0 Å². The molecule has 0 aliphatic carbocycles. The number of carbonyl (C=O) groups is 2. The summed E-state index contributed by atoms with van der Waals surface area (Å²) in [6, 6.07) is 22.3. The highest BCUT2D eigenvalue weighted by molar-refractivity contribution is 6.30. The number of hydrogen-bond acceptors (Lipinski definition) is 3. The van der Waals surface area contributed by atoms with Crippen LogP contribution in [-0.2, 0) is 4.79 Å². The lowest BCUT2D eigenvalue weighted by atomic mass is 10.2. The van der Waals surface area contributed by atoms with Crippen molar-refractivity contribution in [3.05, 3.63) is 83.9 Å².